The van der Waals surface area contributed by atoms with Gasteiger partial charge in [-0.1, -0.05) is 30.3 Å². The molecule has 0 amide bonds. The van der Waals surface area contributed by atoms with E-state index in [9.17, 15) is 0 Å². The number of nitrogens with zero attached hydrogens (tertiary/aromatic N) is 2. The summed E-state index contributed by atoms with van der Waals surface area (Å²) in [6.45, 7) is 13.0. The van der Waals surface area contributed by atoms with Gasteiger partial charge in [0, 0.05) is 31.7 Å². The maximum atomic E-state index is 5.48. The van der Waals surface area contributed by atoms with Crippen molar-refractivity contribution in [3.8, 4) is 0 Å². The Morgan fingerprint density at radius 2 is 1.92 bits per heavy atom. The van der Waals surface area contributed by atoms with Crippen molar-refractivity contribution >= 4 is 5.96 Å². The Balaban J connectivity index is 1.49. The molecule has 0 radical (unpaired) electrons. The Kier molecular flexibility index (Phi) is 6.54. The van der Waals surface area contributed by atoms with Gasteiger partial charge in [-0.25, -0.2) is 0 Å². The molecule has 0 spiro atoms. The van der Waals surface area contributed by atoms with Crippen molar-refractivity contribution in [3.63, 3.8) is 0 Å². The lowest BCUT2D eigenvalue weighted by Crippen LogP contribution is -2.52. The fourth-order valence-electron chi connectivity index (χ4n) is 3.69. The van der Waals surface area contributed by atoms with Crippen LogP contribution in [0.25, 0.3) is 0 Å². The molecule has 3 rings (SSSR count). The summed E-state index contributed by atoms with van der Waals surface area (Å²) in [5, 5.41) is 6.95. The van der Waals surface area contributed by atoms with Crippen LogP contribution >= 0.6 is 0 Å². The minimum Gasteiger partial charge on any atom is -0.379 e. The van der Waals surface area contributed by atoms with Gasteiger partial charge in [-0.3, -0.25) is 9.89 Å². The number of rotatable bonds is 7. The second kappa shape index (κ2) is 8.87. The standard InChI is InChI=1S/C21H34N4O/c1-4-22-20(24-16-21(2,3)25-10-12-26-13-11-25)23-15-18-14-19(18)17-8-6-5-7-9-17/h5-9,18-19H,4,10-16H2,1-3H3,(H2,22,23,24). The number of hydrogen-bond acceptors (Lipinski definition) is 3. The number of guanidine groups is 1. The summed E-state index contributed by atoms with van der Waals surface area (Å²) in [6, 6.07) is 10.9. The van der Waals surface area contributed by atoms with Crippen molar-refractivity contribution in [2.45, 2.75) is 38.6 Å². The molecule has 144 valence electrons. The van der Waals surface area contributed by atoms with Crippen LogP contribution in [0.1, 0.15) is 38.7 Å². The molecule has 2 fully saturated rings. The first-order valence-corrected chi connectivity index (χ1v) is 10.00. The largest absolute Gasteiger partial charge is 0.379 e. The maximum Gasteiger partial charge on any atom is 0.191 e. The van der Waals surface area contributed by atoms with Crippen molar-refractivity contribution in [2.75, 3.05) is 45.9 Å². The van der Waals surface area contributed by atoms with Crippen molar-refractivity contribution in [1.82, 2.24) is 15.5 Å². The number of morpholine rings is 1. The molecule has 1 aliphatic heterocycles. The summed E-state index contributed by atoms with van der Waals surface area (Å²) in [7, 11) is 0. The number of benzene rings is 1. The zero-order valence-electron chi connectivity index (χ0n) is 16.5. The van der Waals surface area contributed by atoms with Crippen molar-refractivity contribution < 1.29 is 4.74 Å². The van der Waals surface area contributed by atoms with E-state index in [2.05, 4.69) is 66.6 Å². The van der Waals surface area contributed by atoms with E-state index in [1.54, 1.807) is 0 Å². The zero-order valence-corrected chi connectivity index (χ0v) is 16.5. The molecule has 1 saturated heterocycles. The second-order valence-electron chi connectivity index (χ2n) is 8.00. The van der Waals surface area contributed by atoms with E-state index in [4.69, 9.17) is 9.73 Å². The van der Waals surface area contributed by atoms with Crippen LogP contribution in [0.3, 0.4) is 0 Å². The fourth-order valence-corrected chi connectivity index (χ4v) is 3.69. The van der Waals surface area contributed by atoms with Gasteiger partial charge in [0.2, 0.25) is 0 Å². The molecule has 1 aliphatic carbocycles. The lowest BCUT2D eigenvalue weighted by atomic mass is 10.0. The minimum absolute atomic E-state index is 0.0539. The first-order chi connectivity index (χ1) is 12.6. The summed E-state index contributed by atoms with van der Waals surface area (Å²) in [4.78, 5) is 7.35. The number of hydrogen-bond donors (Lipinski definition) is 2. The normalized spacial score (nSPS) is 24.3. The van der Waals surface area contributed by atoms with E-state index >= 15 is 0 Å². The van der Waals surface area contributed by atoms with E-state index in [0.717, 1.165) is 51.9 Å². The van der Waals surface area contributed by atoms with Crippen LogP contribution in [0.2, 0.25) is 0 Å². The first kappa shape index (κ1) is 19.2. The van der Waals surface area contributed by atoms with E-state index in [1.165, 1.54) is 12.0 Å². The molecule has 5 nitrogen and oxygen atoms in total. The summed E-state index contributed by atoms with van der Waals surface area (Å²) in [5.74, 6) is 2.36. The summed E-state index contributed by atoms with van der Waals surface area (Å²) in [6.07, 6.45) is 1.27. The summed E-state index contributed by atoms with van der Waals surface area (Å²) < 4.78 is 5.48. The predicted molar refractivity (Wildman–Crippen MR) is 108 cm³/mol. The lowest BCUT2D eigenvalue weighted by molar-refractivity contribution is -0.00683. The molecule has 2 aliphatic rings. The van der Waals surface area contributed by atoms with Gasteiger partial charge >= 0.3 is 0 Å². The van der Waals surface area contributed by atoms with Gasteiger partial charge in [0.25, 0.3) is 0 Å². The molecule has 2 unspecified atom stereocenters. The Bertz CT molecular complexity index is 581. The third-order valence-electron chi connectivity index (χ3n) is 5.52. The highest BCUT2D eigenvalue weighted by Crippen LogP contribution is 2.46. The van der Waals surface area contributed by atoms with Crippen molar-refractivity contribution in [2.24, 2.45) is 10.9 Å². The average molecular weight is 359 g/mol. The number of aliphatic imine (C=N–C) groups is 1. The Hall–Kier alpha value is -1.59. The van der Waals surface area contributed by atoms with Crippen LogP contribution in [-0.4, -0.2) is 62.3 Å². The van der Waals surface area contributed by atoms with Gasteiger partial charge in [0.05, 0.1) is 19.8 Å². The van der Waals surface area contributed by atoms with Crippen LogP contribution in [0, 0.1) is 5.92 Å². The molecule has 1 heterocycles. The molecule has 0 aromatic heterocycles. The number of ether oxygens (including phenoxy) is 1. The van der Waals surface area contributed by atoms with E-state index in [1.807, 2.05) is 0 Å². The van der Waals surface area contributed by atoms with E-state index < -0.39 is 0 Å². The molecule has 1 aromatic carbocycles. The molecule has 1 aromatic rings. The molecule has 2 atom stereocenters. The zero-order chi connectivity index (χ0) is 18.4. The van der Waals surface area contributed by atoms with Gasteiger partial charge in [0.1, 0.15) is 0 Å². The Labute approximate surface area is 158 Å². The van der Waals surface area contributed by atoms with Gasteiger partial charge in [-0.2, -0.15) is 0 Å². The molecule has 0 bridgehead atoms. The van der Waals surface area contributed by atoms with E-state index in [0.29, 0.717) is 11.8 Å². The van der Waals surface area contributed by atoms with Crippen LogP contribution < -0.4 is 10.6 Å². The van der Waals surface area contributed by atoms with Crippen LogP contribution in [-0.2, 0) is 4.74 Å². The third kappa shape index (κ3) is 5.21. The van der Waals surface area contributed by atoms with Crippen LogP contribution in [0.5, 0.6) is 0 Å². The highest BCUT2D eigenvalue weighted by Gasteiger charge is 2.38. The van der Waals surface area contributed by atoms with Crippen molar-refractivity contribution in [1.29, 1.82) is 0 Å². The third-order valence-corrected chi connectivity index (χ3v) is 5.52. The van der Waals surface area contributed by atoms with Crippen LogP contribution in [0.4, 0.5) is 0 Å². The van der Waals surface area contributed by atoms with Gasteiger partial charge in [-0.15, -0.1) is 0 Å². The molecule has 2 N–H and O–H groups in total. The number of nitrogens with one attached hydrogen (secondary N) is 2. The fraction of sp³-hybridized carbons (Fsp3) is 0.667. The quantitative estimate of drug-likeness (QED) is 0.581. The molecule has 26 heavy (non-hydrogen) atoms. The van der Waals surface area contributed by atoms with Gasteiger partial charge in [-0.05, 0) is 44.6 Å². The Morgan fingerprint density at radius 3 is 2.62 bits per heavy atom. The first-order valence-electron chi connectivity index (χ1n) is 10.00. The molecular weight excluding hydrogens is 324 g/mol. The van der Waals surface area contributed by atoms with Crippen LogP contribution in [0.15, 0.2) is 35.3 Å². The Morgan fingerprint density at radius 1 is 1.19 bits per heavy atom. The predicted octanol–water partition coefficient (Wildman–Crippen LogP) is 2.46. The SMILES string of the molecule is CCNC(=NCC(C)(C)N1CCOCC1)NCC1CC1c1ccccc1. The highest BCUT2D eigenvalue weighted by atomic mass is 16.5. The molecule has 1 saturated carbocycles. The van der Waals surface area contributed by atoms with Gasteiger partial charge < -0.3 is 15.4 Å². The monoisotopic (exact) mass is 358 g/mol. The van der Waals surface area contributed by atoms with Gasteiger partial charge in [0.15, 0.2) is 5.96 Å². The lowest BCUT2D eigenvalue weighted by Gasteiger charge is -2.39. The topological polar surface area (TPSA) is 48.9 Å². The smallest absolute Gasteiger partial charge is 0.191 e. The molecular formula is C21H34N4O. The average Bonchev–Trinajstić information content (AvgIpc) is 3.45. The summed E-state index contributed by atoms with van der Waals surface area (Å²) >= 11 is 0. The second-order valence-corrected chi connectivity index (χ2v) is 8.00. The van der Waals surface area contributed by atoms with Crippen molar-refractivity contribution in [3.05, 3.63) is 35.9 Å². The molecule has 5 heteroatoms. The highest BCUT2D eigenvalue weighted by molar-refractivity contribution is 5.79. The maximum absolute atomic E-state index is 5.48. The summed E-state index contributed by atoms with van der Waals surface area (Å²) in [5.41, 5.74) is 1.52. The van der Waals surface area contributed by atoms with E-state index in [-0.39, 0.29) is 5.54 Å². The minimum atomic E-state index is 0.0539.